The number of carbonyl (C=O) groups excluding carboxylic acids is 1. The molecule has 2 saturated heterocycles. The zero-order valence-electron chi connectivity index (χ0n) is 13.0. The maximum absolute atomic E-state index is 12.2. The highest BCUT2D eigenvalue weighted by atomic mass is 16.5. The van der Waals surface area contributed by atoms with E-state index in [2.05, 4.69) is 15.5 Å². The van der Waals surface area contributed by atoms with Crippen molar-refractivity contribution in [2.45, 2.75) is 32.1 Å². The van der Waals surface area contributed by atoms with Gasteiger partial charge in [0.05, 0.1) is 13.2 Å². The minimum absolute atomic E-state index is 0.304. The van der Waals surface area contributed by atoms with E-state index in [4.69, 9.17) is 4.74 Å². The van der Waals surface area contributed by atoms with E-state index in [0.29, 0.717) is 17.2 Å². The minimum atomic E-state index is 0.304. The lowest BCUT2D eigenvalue weighted by Gasteiger charge is -2.26. The third kappa shape index (κ3) is 3.96. The molecule has 0 radical (unpaired) electrons. The van der Waals surface area contributed by atoms with Gasteiger partial charge in [-0.25, -0.2) is 0 Å². The number of ether oxygens (including phenoxy) is 1. The van der Waals surface area contributed by atoms with Crippen molar-refractivity contribution in [3.05, 3.63) is 0 Å². The molecule has 3 rings (SSSR count). The second kappa shape index (κ2) is 7.07. The Morgan fingerprint density at radius 1 is 1.24 bits per heavy atom. The third-order valence-corrected chi connectivity index (χ3v) is 5.41. The van der Waals surface area contributed by atoms with Crippen LogP contribution in [-0.4, -0.2) is 63.3 Å². The van der Waals surface area contributed by atoms with Crippen LogP contribution in [0.25, 0.3) is 0 Å². The van der Waals surface area contributed by atoms with Gasteiger partial charge in [0, 0.05) is 25.6 Å². The zero-order chi connectivity index (χ0) is 14.5. The van der Waals surface area contributed by atoms with E-state index in [-0.39, 0.29) is 0 Å². The molecule has 5 nitrogen and oxygen atoms in total. The van der Waals surface area contributed by atoms with E-state index in [1.165, 1.54) is 19.3 Å². The second-order valence-corrected chi connectivity index (χ2v) is 6.82. The highest BCUT2D eigenvalue weighted by Crippen LogP contribution is 2.58. The Hall–Kier alpha value is -0.650. The fourth-order valence-corrected chi connectivity index (χ4v) is 3.82. The summed E-state index contributed by atoms with van der Waals surface area (Å²) in [5, 5.41) is 6.54. The largest absolute Gasteiger partial charge is 0.379 e. The molecule has 5 heteroatoms. The molecule has 2 aliphatic heterocycles. The number of hydrogen-bond acceptors (Lipinski definition) is 4. The molecular weight excluding hydrogens is 266 g/mol. The molecule has 0 aromatic heterocycles. The van der Waals surface area contributed by atoms with Crippen molar-refractivity contribution in [1.29, 1.82) is 0 Å². The van der Waals surface area contributed by atoms with Crippen LogP contribution in [0, 0.1) is 11.3 Å². The van der Waals surface area contributed by atoms with Crippen LogP contribution in [0.5, 0.6) is 0 Å². The van der Waals surface area contributed by atoms with E-state index in [9.17, 15) is 4.79 Å². The number of unbranched alkanes of at least 4 members (excludes halogenated alkanes) is 1. The third-order valence-electron chi connectivity index (χ3n) is 5.41. The molecule has 2 N–H and O–H groups in total. The molecule has 0 aromatic rings. The molecule has 1 aliphatic carbocycles. The van der Waals surface area contributed by atoms with Gasteiger partial charge in [0.1, 0.15) is 0 Å². The first kappa shape index (κ1) is 15.3. The predicted octanol–water partition coefficient (Wildman–Crippen LogP) is 0.605. The van der Waals surface area contributed by atoms with Gasteiger partial charge in [0.2, 0.25) is 5.91 Å². The molecule has 1 unspecified atom stereocenters. The van der Waals surface area contributed by atoms with Crippen LogP contribution in [0.1, 0.15) is 32.1 Å². The van der Waals surface area contributed by atoms with Gasteiger partial charge in [-0.1, -0.05) is 0 Å². The molecule has 0 aromatic carbocycles. The van der Waals surface area contributed by atoms with Crippen molar-refractivity contribution in [1.82, 2.24) is 15.5 Å². The van der Waals surface area contributed by atoms with E-state index < -0.39 is 0 Å². The first-order chi connectivity index (χ1) is 10.3. The van der Waals surface area contributed by atoms with Crippen LogP contribution in [-0.2, 0) is 9.53 Å². The summed E-state index contributed by atoms with van der Waals surface area (Å²) in [6.45, 7) is 8.01. The van der Waals surface area contributed by atoms with Crippen molar-refractivity contribution in [3.63, 3.8) is 0 Å². The predicted molar refractivity (Wildman–Crippen MR) is 82.1 cm³/mol. The molecule has 0 bridgehead atoms. The zero-order valence-corrected chi connectivity index (χ0v) is 13.0. The molecule has 3 fully saturated rings. The maximum Gasteiger partial charge on any atom is 0.223 e. The topological polar surface area (TPSA) is 53.6 Å². The highest BCUT2D eigenvalue weighted by Gasteiger charge is 2.57. The Labute approximate surface area is 127 Å². The van der Waals surface area contributed by atoms with E-state index in [0.717, 1.165) is 65.3 Å². The maximum atomic E-state index is 12.2. The summed E-state index contributed by atoms with van der Waals surface area (Å²) in [6.07, 6.45) is 5.74. The minimum Gasteiger partial charge on any atom is -0.379 e. The first-order valence-electron chi connectivity index (χ1n) is 8.59. The molecule has 120 valence electrons. The van der Waals surface area contributed by atoms with E-state index >= 15 is 0 Å². The summed E-state index contributed by atoms with van der Waals surface area (Å²) in [5.41, 5.74) is 0.364. The SMILES string of the molecule is O=C(NCCCCN1CCOCC1)C1CC12CCNCC2. The van der Waals surface area contributed by atoms with Gasteiger partial charge >= 0.3 is 0 Å². The van der Waals surface area contributed by atoms with Gasteiger partial charge in [-0.2, -0.15) is 0 Å². The number of morpholine rings is 1. The van der Waals surface area contributed by atoms with Crippen LogP contribution < -0.4 is 10.6 Å². The van der Waals surface area contributed by atoms with Crippen LogP contribution in [0.3, 0.4) is 0 Å². The Bertz CT molecular complexity index is 349. The van der Waals surface area contributed by atoms with Gasteiger partial charge in [0.15, 0.2) is 0 Å². The standard InChI is InChI=1S/C16H29N3O2/c20-15(14-13-16(14)3-6-17-7-4-16)18-5-1-2-8-19-9-11-21-12-10-19/h14,17H,1-13H2,(H,18,20). The monoisotopic (exact) mass is 295 g/mol. The Balaban J connectivity index is 1.25. The lowest BCUT2D eigenvalue weighted by Crippen LogP contribution is -2.37. The Morgan fingerprint density at radius 3 is 2.76 bits per heavy atom. The van der Waals surface area contributed by atoms with Crippen LogP contribution in [0.15, 0.2) is 0 Å². The smallest absolute Gasteiger partial charge is 0.223 e. The van der Waals surface area contributed by atoms with Crippen LogP contribution in [0.2, 0.25) is 0 Å². The first-order valence-corrected chi connectivity index (χ1v) is 8.59. The number of nitrogens with one attached hydrogen (secondary N) is 2. The summed E-state index contributed by atoms with van der Waals surface area (Å²) in [5.74, 6) is 0.613. The average molecular weight is 295 g/mol. The molecule has 1 atom stereocenters. The van der Waals surface area contributed by atoms with Crippen molar-refractivity contribution < 1.29 is 9.53 Å². The summed E-state index contributed by atoms with van der Waals surface area (Å²) < 4.78 is 5.34. The summed E-state index contributed by atoms with van der Waals surface area (Å²) in [6, 6.07) is 0. The molecule has 1 spiro atoms. The van der Waals surface area contributed by atoms with Gasteiger partial charge in [0.25, 0.3) is 0 Å². The van der Waals surface area contributed by atoms with E-state index in [1.54, 1.807) is 0 Å². The van der Waals surface area contributed by atoms with Gasteiger partial charge in [-0.15, -0.1) is 0 Å². The normalized spacial score (nSPS) is 28.5. The molecule has 21 heavy (non-hydrogen) atoms. The molecule has 1 saturated carbocycles. The molecule has 3 aliphatic rings. The van der Waals surface area contributed by atoms with Crippen LogP contribution in [0.4, 0.5) is 0 Å². The van der Waals surface area contributed by atoms with Crippen molar-refractivity contribution >= 4 is 5.91 Å². The van der Waals surface area contributed by atoms with Gasteiger partial charge < -0.3 is 15.4 Å². The Morgan fingerprint density at radius 2 is 2.00 bits per heavy atom. The van der Waals surface area contributed by atoms with Gasteiger partial charge in [-0.05, 0) is 57.2 Å². The quantitative estimate of drug-likeness (QED) is 0.705. The van der Waals surface area contributed by atoms with Crippen molar-refractivity contribution in [2.24, 2.45) is 11.3 Å². The lowest BCUT2D eigenvalue weighted by molar-refractivity contribution is -0.123. The summed E-state index contributed by atoms with van der Waals surface area (Å²) in [4.78, 5) is 14.6. The van der Waals surface area contributed by atoms with Gasteiger partial charge in [-0.3, -0.25) is 9.69 Å². The lowest BCUT2D eigenvalue weighted by atomic mass is 9.92. The summed E-state index contributed by atoms with van der Waals surface area (Å²) in [7, 11) is 0. The van der Waals surface area contributed by atoms with E-state index in [1.807, 2.05) is 0 Å². The molecule has 2 heterocycles. The number of hydrogen-bond donors (Lipinski definition) is 2. The average Bonchev–Trinajstić information content (AvgIpc) is 3.22. The second-order valence-electron chi connectivity index (χ2n) is 6.82. The van der Waals surface area contributed by atoms with Crippen LogP contribution >= 0.6 is 0 Å². The number of carbonyl (C=O) groups is 1. The fraction of sp³-hybridized carbons (Fsp3) is 0.938. The fourth-order valence-electron chi connectivity index (χ4n) is 3.82. The van der Waals surface area contributed by atoms with Crippen molar-refractivity contribution in [2.75, 3.05) is 52.5 Å². The summed E-state index contributed by atoms with van der Waals surface area (Å²) >= 11 is 0. The van der Waals surface area contributed by atoms with Crippen molar-refractivity contribution in [3.8, 4) is 0 Å². The Kier molecular flexibility index (Phi) is 5.14. The number of rotatable bonds is 6. The number of nitrogens with zero attached hydrogens (tertiary/aromatic N) is 1. The molecule has 1 amide bonds. The molecular formula is C16H29N3O2. The highest BCUT2D eigenvalue weighted by molar-refractivity contribution is 5.82. The number of amides is 1. The number of piperidine rings is 1.